The summed E-state index contributed by atoms with van der Waals surface area (Å²) in [6, 6.07) is 9.39. The topological polar surface area (TPSA) is 57.3 Å². The van der Waals surface area contributed by atoms with E-state index in [2.05, 4.69) is 15.6 Å². The molecule has 0 spiro atoms. The Morgan fingerprint density at radius 3 is 3.00 bits per heavy atom. The van der Waals surface area contributed by atoms with E-state index in [1.54, 1.807) is 17.2 Å². The molecule has 0 saturated carbocycles. The predicted molar refractivity (Wildman–Crippen MR) is 83.8 cm³/mol. The number of carbonyl (C=O) groups excluding carboxylic acids is 1. The zero-order valence-electron chi connectivity index (χ0n) is 11.3. The molecule has 1 aromatic heterocycles. The standard InChI is InChI=1S/C15H15ClN4O/c16-13-4-3-12(19-10-11-2-1-5-17-9-11)8-14(13)20-7-6-18-15(20)21/h1-5,8-9,19H,6-7,10H2,(H,18,21). The van der Waals surface area contributed by atoms with Crippen molar-refractivity contribution < 1.29 is 4.79 Å². The molecule has 5 nitrogen and oxygen atoms in total. The van der Waals surface area contributed by atoms with Crippen molar-refractivity contribution in [3.63, 3.8) is 0 Å². The normalized spacial score (nSPS) is 14.1. The third kappa shape index (κ3) is 3.08. The summed E-state index contributed by atoms with van der Waals surface area (Å²) in [6.07, 6.45) is 3.56. The van der Waals surface area contributed by atoms with Gasteiger partial charge in [-0.3, -0.25) is 9.88 Å². The number of halogens is 1. The van der Waals surface area contributed by atoms with E-state index >= 15 is 0 Å². The molecule has 6 heteroatoms. The summed E-state index contributed by atoms with van der Waals surface area (Å²) in [4.78, 5) is 17.5. The monoisotopic (exact) mass is 302 g/mol. The molecule has 0 unspecified atom stereocenters. The maximum absolute atomic E-state index is 11.7. The lowest BCUT2D eigenvalue weighted by Gasteiger charge is -2.17. The Morgan fingerprint density at radius 1 is 1.38 bits per heavy atom. The van der Waals surface area contributed by atoms with Crippen molar-refractivity contribution in [1.29, 1.82) is 0 Å². The maximum atomic E-state index is 11.7. The molecule has 108 valence electrons. The third-order valence-corrected chi connectivity index (χ3v) is 3.63. The zero-order valence-corrected chi connectivity index (χ0v) is 12.1. The summed E-state index contributed by atoms with van der Waals surface area (Å²) in [7, 11) is 0. The molecule has 2 amide bonds. The molecule has 21 heavy (non-hydrogen) atoms. The van der Waals surface area contributed by atoms with Crippen molar-refractivity contribution in [2.45, 2.75) is 6.54 Å². The van der Waals surface area contributed by atoms with Crippen LogP contribution < -0.4 is 15.5 Å². The molecular weight excluding hydrogens is 288 g/mol. The SMILES string of the molecule is O=C1NCCN1c1cc(NCc2cccnc2)ccc1Cl. The molecule has 1 aliphatic heterocycles. The lowest BCUT2D eigenvalue weighted by molar-refractivity contribution is 0.252. The molecule has 2 heterocycles. The van der Waals surface area contributed by atoms with Gasteiger partial charge in [0, 0.05) is 37.7 Å². The van der Waals surface area contributed by atoms with Crippen molar-refractivity contribution in [2.24, 2.45) is 0 Å². The highest BCUT2D eigenvalue weighted by Gasteiger charge is 2.23. The number of aromatic nitrogens is 1. The smallest absolute Gasteiger partial charge is 0.322 e. The Hall–Kier alpha value is -2.27. The molecule has 0 aliphatic carbocycles. The summed E-state index contributed by atoms with van der Waals surface area (Å²) < 4.78 is 0. The van der Waals surface area contributed by atoms with Crippen LogP contribution in [0.3, 0.4) is 0 Å². The highest BCUT2D eigenvalue weighted by Crippen LogP contribution is 2.30. The quantitative estimate of drug-likeness (QED) is 0.913. The van der Waals surface area contributed by atoms with Gasteiger partial charge in [0.2, 0.25) is 0 Å². The maximum Gasteiger partial charge on any atom is 0.322 e. The second kappa shape index (κ2) is 6.01. The second-order valence-corrected chi connectivity index (χ2v) is 5.17. The van der Waals surface area contributed by atoms with E-state index in [1.807, 2.05) is 30.5 Å². The number of hydrogen-bond donors (Lipinski definition) is 2. The van der Waals surface area contributed by atoms with Gasteiger partial charge in [-0.25, -0.2) is 4.79 Å². The van der Waals surface area contributed by atoms with Crippen LogP contribution in [0.15, 0.2) is 42.7 Å². The summed E-state index contributed by atoms with van der Waals surface area (Å²) in [6.45, 7) is 1.94. The molecule has 0 bridgehead atoms. The van der Waals surface area contributed by atoms with Gasteiger partial charge in [-0.15, -0.1) is 0 Å². The van der Waals surface area contributed by atoms with Crippen LogP contribution in [0.4, 0.5) is 16.2 Å². The number of nitrogens with one attached hydrogen (secondary N) is 2. The molecule has 1 saturated heterocycles. The Morgan fingerprint density at radius 2 is 2.29 bits per heavy atom. The van der Waals surface area contributed by atoms with Gasteiger partial charge in [-0.05, 0) is 29.8 Å². The molecule has 1 aliphatic rings. The van der Waals surface area contributed by atoms with E-state index in [4.69, 9.17) is 11.6 Å². The number of rotatable bonds is 4. The first-order valence-electron chi connectivity index (χ1n) is 6.72. The first kappa shape index (κ1) is 13.7. The predicted octanol–water partition coefficient (Wildman–Crippen LogP) is 2.88. The van der Waals surface area contributed by atoms with Crippen LogP contribution >= 0.6 is 11.6 Å². The Labute approximate surface area is 127 Å². The summed E-state index contributed by atoms with van der Waals surface area (Å²) in [5.41, 5.74) is 2.73. The molecule has 1 fully saturated rings. The molecular formula is C15H15ClN4O. The van der Waals surface area contributed by atoms with Gasteiger partial charge in [0.25, 0.3) is 0 Å². The number of pyridine rings is 1. The third-order valence-electron chi connectivity index (χ3n) is 3.31. The Balaban J connectivity index is 1.76. The molecule has 0 radical (unpaired) electrons. The van der Waals surface area contributed by atoms with Crippen LogP contribution in [-0.4, -0.2) is 24.1 Å². The van der Waals surface area contributed by atoms with E-state index in [0.29, 0.717) is 24.7 Å². The number of anilines is 2. The fraction of sp³-hybridized carbons (Fsp3) is 0.200. The van der Waals surface area contributed by atoms with Crippen molar-refractivity contribution in [3.8, 4) is 0 Å². The lowest BCUT2D eigenvalue weighted by atomic mass is 10.2. The summed E-state index contributed by atoms with van der Waals surface area (Å²) in [5, 5.41) is 6.65. The number of urea groups is 1. The second-order valence-electron chi connectivity index (χ2n) is 4.76. The van der Waals surface area contributed by atoms with Gasteiger partial charge in [-0.1, -0.05) is 17.7 Å². The average Bonchev–Trinajstić information content (AvgIpc) is 2.93. The summed E-state index contributed by atoms with van der Waals surface area (Å²) >= 11 is 6.20. The van der Waals surface area contributed by atoms with Gasteiger partial charge < -0.3 is 10.6 Å². The molecule has 2 aromatic rings. The fourth-order valence-corrected chi connectivity index (χ4v) is 2.46. The van der Waals surface area contributed by atoms with Crippen molar-refractivity contribution >= 4 is 29.0 Å². The van der Waals surface area contributed by atoms with Crippen LogP contribution in [0.1, 0.15) is 5.56 Å². The lowest BCUT2D eigenvalue weighted by Crippen LogP contribution is -2.27. The molecule has 3 rings (SSSR count). The van der Waals surface area contributed by atoms with Crippen molar-refractivity contribution in [3.05, 3.63) is 53.3 Å². The van der Waals surface area contributed by atoms with E-state index in [-0.39, 0.29) is 6.03 Å². The first-order valence-corrected chi connectivity index (χ1v) is 7.09. The van der Waals surface area contributed by atoms with Crippen LogP contribution in [-0.2, 0) is 6.54 Å². The summed E-state index contributed by atoms with van der Waals surface area (Å²) in [5.74, 6) is 0. The Kier molecular flexibility index (Phi) is 3.92. The highest BCUT2D eigenvalue weighted by atomic mass is 35.5. The van der Waals surface area contributed by atoms with E-state index in [1.165, 1.54) is 0 Å². The number of benzene rings is 1. The van der Waals surface area contributed by atoms with Crippen LogP contribution in [0.5, 0.6) is 0 Å². The average molecular weight is 303 g/mol. The largest absolute Gasteiger partial charge is 0.381 e. The van der Waals surface area contributed by atoms with Gasteiger partial charge in [0.1, 0.15) is 0 Å². The minimum Gasteiger partial charge on any atom is -0.381 e. The molecule has 2 N–H and O–H groups in total. The van der Waals surface area contributed by atoms with E-state index < -0.39 is 0 Å². The van der Waals surface area contributed by atoms with E-state index in [0.717, 1.165) is 16.9 Å². The minimum absolute atomic E-state index is 0.110. The number of carbonyl (C=O) groups is 1. The van der Waals surface area contributed by atoms with Crippen LogP contribution in [0, 0.1) is 0 Å². The molecule has 0 atom stereocenters. The van der Waals surface area contributed by atoms with Gasteiger partial charge in [0.15, 0.2) is 0 Å². The van der Waals surface area contributed by atoms with Crippen LogP contribution in [0.25, 0.3) is 0 Å². The number of nitrogens with zero attached hydrogens (tertiary/aromatic N) is 2. The highest BCUT2D eigenvalue weighted by molar-refractivity contribution is 6.34. The fourth-order valence-electron chi connectivity index (χ4n) is 2.24. The van der Waals surface area contributed by atoms with Crippen molar-refractivity contribution in [1.82, 2.24) is 10.3 Å². The number of hydrogen-bond acceptors (Lipinski definition) is 3. The van der Waals surface area contributed by atoms with E-state index in [9.17, 15) is 4.79 Å². The van der Waals surface area contributed by atoms with Gasteiger partial charge in [0.05, 0.1) is 10.7 Å². The zero-order chi connectivity index (χ0) is 14.7. The first-order chi connectivity index (χ1) is 10.2. The Bertz CT molecular complexity index is 647. The van der Waals surface area contributed by atoms with Crippen molar-refractivity contribution in [2.75, 3.05) is 23.3 Å². The van der Waals surface area contributed by atoms with Gasteiger partial charge >= 0.3 is 6.03 Å². The molecule has 1 aromatic carbocycles. The van der Waals surface area contributed by atoms with Crippen LogP contribution in [0.2, 0.25) is 5.02 Å². The minimum atomic E-state index is -0.110. The van der Waals surface area contributed by atoms with Gasteiger partial charge in [-0.2, -0.15) is 0 Å². The number of amides is 2.